The van der Waals surface area contributed by atoms with E-state index in [-0.39, 0.29) is 0 Å². The summed E-state index contributed by atoms with van der Waals surface area (Å²) in [6.45, 7) is 6.61. The Morgan fingerprint density at radius 2 is 2.50 bits per heavy atom. The summed E-state index contributed by atoms with van der Waals surface area (Å²) in [5.41, 5.74) is 1.20. The van der Waals surface area contributed by atoms with Gasteiger partial charge in [-0.15, -0.1) is 11.3 Å². The van der Waals surface area contributed by atoms with Crippen molar-refractivity contribution in [1.82, 2.24) is 19.6 Å². The van der Waals surface area contributed by atoms with Gasteiger partial charge in [0.05, 0.1) is 5.69 Å². The smallest absolute Gasteiger partial charge is 0.193 e. The first-order valence-corrected chi connectivity index (χ1v) is 7.60. The third kappa shape index (κ3) is 2.43. The van der Waals surface area contributed by atoms with Crippen LogP contribution in [0.15, 0.2) is 17.8 Å². The highest BCUT2D eigenvalue weighted by atomic mass is 32.1. The standard InChI is InChI=1S/C13H20N4S/c1-2-3-12-8-14-4-5-16(12)9-11-10-17-6-7-18-13(17)15-11/h6-7,10,12,14H,2-5,8-9H2,1H3. The Hall–Kier alpha value is -0.910. The molecule has 0 amide bonds. The van der Waals surface area contributed by atoms with E-state index < -0.39 is 0 Å². The lowest BCUT2D eigenvalue weighted by atomic mass is 10.1. The largest absolute Gasteiger partial charge is 0.314 e. The van der Waals surface area contributed by atoms with Crippen LogP contribution in [0.4, 0.5) is 0 Å². The van der Waals surface area contributed by atoms with E-state index in [1.54, 1.807) is 11.3 Å². The Kier molecular flexibility index (Phi) is 3.63. The van der Waals surface area contributed by atoms with Crippen molar-refractivity contribution in [2.24, 2.45) is 0 Å². The van der Waals surface area contributed by atoms with Gasteiger partial charge in [0.25, 0.3) is 0 Å². The van der Waals surface area contributed by atoms with Gasteiger partial charge in [-0.3, -0.25) is 9.30 Å². The summed E-state index contributed by atoms with van der Waals surface area (Å²) in [6.07, 6.45) is 6.77. The van der Waals surface area contributed by atoms with Crippen molar-refractivity contribution in [3.8, 4) is 0 Å². The Labute approximate surface area is 112 Å². The van der Waals surface area contributed by atoms with Crippen molar-refractivity contribution < 1.29 is 0 Å². The van der Waals surface area contributed by atoms with Crippen LogP contribution in [0.5, 0.6) is 0 Å². The molecule has 1 aliphatic heterocycles. The molecule has 5 heteroatoms. The number of aromatic nitrogens is 2. The van der Waals surface area contributed by atoms with Crippen molar-refractivity contribution in [2.75, 3.05) is 19.6 Å². The van der Waals surface area contributed by atoms with Crippen LogP contribution >= 0.6 is 11.3 Å². The van der Waals surface area contributed by atoms with E-state index in [0.717, 1.165) is 31.1 Å². The van der Waals surface area contributed by atoms with Crippen molar-refractivity contribution >= 4 is 16.3 Å². The quantitative estimate of drug-likeness (QED) is 0.916. The normalized spacial score (nSPS) is 21.7. The van der Waals surface area contributed by atoms with Gasteiger partial charge in [0.1, 0.15) is 0 Å². The molecule has 2 aromatic heterocycles. The van der Waals surface area contributed by atoms with Crippen LogP contribution in [-0.4, -0.2) is 40.0 Å². The minimum Gasteiger partial charge on any atom is -0.314 e. The van der Waals surface area contributed by atoms with Crippen molar-refractivity contribution in [1.29, 1.82) is 0 Å². The number of thiazole rings is 1. The molecule has 0 aliphatic carbocycles. The van der Waals surface area contributed by atoms with Crippen LogP contribution in [-0.2, 0) is 6.54 Å². The lowest BCUT2D eigenvalue weighted by molar-refractivity contribution is 0.143. The summed E-state index contributed by atoms with van der Waals surface area (Å²) in [4.78, 5) is 8.36. The molecule has 2 aromatic rings. The molecule has 3 rings (SSSR count). The number of hydrogen-bond donors (Lipinski definition) is 1. The molecule has 0 saturated carbocycles. The second kappa shape index (κ2) is 5.38. The molecule has 1 aliphatic rings. The molecule has 18 heavy (non-hydrogen) atoms. The summed E-state index contributed by atoms with van der Waals surface area (Å²) in [7, 11) is 0. The topological polar surface area (TPSA) is 32.6 Å². The Morgan fingerprint density at radius 1 is 1.56 bits per heavy atom. The first-order valence-electron chi connectivity index (χ1n) is 6.72. The van der Waals surface area contributed by atoms with Crippen LogP contribution in [0.3, 0.4) is 0 Å². The number of fused-ring (bicyclic) bond motifs is 1. The number of rotatable bonds is 4. The number of nitrogens with zero attached hydrogens (tertiary/aromatic N) is 3. The average Bonchev–Trinajstić information content (AvgIpc) is 2.92. The van der Waals surface area contributed by atoms with E-state index in [1.165, 1.54) is 18.5 Å². The summed E-state index contributed by atoms with van der Waals surface area (Å²) < 4.78 is 2.12. The summed E-state index contributed by atoms with van der Waals surface area (Å²) >= 11 is 1.70. The van der Waals surface area contributed by atoms with E-state index in [4.69, 9.17) is 0 Å². The van der Waals surface area contributed by atoms with Crippen molar-refractivity contribution in [3.63, 3.8) is 0 Å². The Morgan fingerprint density at radius 3 is 3.33 bits per heavy atom. The third-order valence-corrected chi connectivity index (χ3v) is 4.37. The van der Waals surface area contributed by atoms with E-state index >= 15 is 0 Å². The lowest BCUT2D eigenvalue weighted by Gasteiger charge is -2.35. The molecular formula is C13H20N4S. The first kappa shape index (κ1) is 12.1. The zero-order chi connectivity index (χ0) is 12.4. The van der Waals surface area contributed by atoms with Crippen LogP contribution in [0.2, 0.25) is 0 Å². The molecule has 1 saturated heterocycles. The minimum absolute atomic E-state index is 0.670. The lowest BCUT2D eigenvalue weighted by Crippen LogP contribution is -2.50. The van der Waals surface area contributed by atoms with Gasteiger partial charge in [-0.05, 0) is 6.42 Å². The number of piperazine rings is 1. The highest BCUT2D eigenvalue weighted by molar-refractivity contribution is 7.15. The monoisotopic (exact) mass is 264 g/mol. The molecule has 98 valence electrons. The number of nitrogens with one attached hydrogen (secondary N) is 1. The molecule has 1 fully saturated rings. The van der Waals surface area contributed by atoms with Crippen LogP contribution in [0, 0.1) is 0 Å². The molecule has 1 N–H and O–H groups in total. The molecule has 1 unspecified atom stereocenters. The Bertz CT molecular complexity index is 473. The maximum Gasteiger partial charge on any atom is 0.193 e. The number of imidazole rings is 1. The van der Waals surface area contributed by atoms with Crippen LogP contribution in [0.25, 0.3) is 4.96 Å². The van der Waals surface area contributed by atoms with Crippen LogP contribution < -0.4 is 5.32 Å². The average molecular weight is 264 g/mol. The van der Waals surface area contributed by atoms with Gasteiger partial charge in [0.15, 0.2) is 4.96 Å². The molecule has 4 nitrogen and oxygen atoms in total. The molecule has 0 aromatic carbocycles. The zero-order valence-electron chi connectivity index (χ0n) is 10.8. The SMILES string of the molecule is CCCC1CNCCN1Cc1cn2ccsc2n1. The number of hydrogen-bond acceptors (Lipinski definition) is 4. The van der Waals surface area contributed by atoms with E-state index in [9.17, 15) is 0 Å². The van der Waals surface area contributed by atoms with Gasteiger partial charge in [-0.25, -0.2) is 4.98 Å². The fourth-order valence-corrected chi connectivity index (χ4v) is 3.41. The maximum absolute atomic E-state index is 4.68. The molecule has 0 spiro atoms. The van der Waals surface area contributed by atoms with Gasteiger partial charge < -0.3 is 5.32 Å². The fourth-order valence-electron chi connectivity index (χ4n) is 2.69. The van der Waals surface area contributed by atoms with Crippen molar-refractivity contribution in [2.45, 2.75) is 32.4 Å². The second-order valence-electron chi connectivity index (χ2n) is 4.94. The molecule has 1 atom stereocenters. The van der Waals surface area contributed by atoms with Gasteiger partial charge in [-0.1, -0.05) is 13.3 Å². The minimum atomic E-state index is 0.670. The summed E-state index contributed by atoms with van der Waals surface area (Å²) in [5.74, 6) is 0. The third-order valence-electron chi connectivity index (χ3n) is 3.60. The predicted octanol–water partition coefficient (Wildman–Crippen LogP) is 1.97. The first-order chi connectivity index (χ1) is 8.86. The zero-order valence-corrected chi connectivity index (χ0v) is 11.6. The van der Waals surface area contributed by atoms with Gasteiger partial charge >= 0.3 is 0 Å². The van der Waals surface area contributed by atoms with E-state index in [1.807, 2.05) is 0 Å². The molecular weight excluding hydrogens is 244 g/mol. The molecule has 0 radical (unpaired) electrons. The summed E-state index contributed by atoms with van der Waals surface area (Å²) in [6, 6.07) is 0.670. The molecule has 3 heterocycles. The van der Waals surface area contributed by atoms with Gasteiger partial charge in [-0.2, -0.15) is 0 Å². The predicted molar refractivity (Wildman–Crippen MR) is 75.0 cm³/mol. The van der Waals surface area contributed by atoms with Crippen molar-refractivity contribution in [3.05, 3.63) is 23.5 Å². The maximum atomic E-state index is 4.68. The molecule has 0 bridgehead atoms. The highest BCUT2D eigenvalue weighted by Gasteiger charge is 2.22. The van der Waals surface area contributed by atoms with E-state index in [2.05, 4.69) is 44.3 Å². The van der Waals surface area contributed by atoms with E-state index in [0.29, 0.717) is 6.04 Å². The second-order valence-corrected chi connectivity index (χ2v) is 5.82. The van der Waals surface area contributed by atoms with Crippen LogP contribution in [0.1, 0.15) is 25.5 Å². The van der Waals surface area contributed by atoms with Gasteiger partial charge in [0, 0.05) is 50.0 Å². The fraction of sp³-hybridized carbons (Fsp3) is 0.615. The highest BCUT2D eigenvalue weighted by Crippen LogP contribution is 2.16. The summed E-state index contributed by atoms with van der Waals surface area (Å²) in [5, 5.41) is 5.57. The van der Waals surface area contributed by atoms with Gasteiger partial charge in [0.2, 0.25) is 0 Å². The Balaban J connectivity index is 1.71.